The summed E-state index contributed by atoms with van der Waals surface area (Å²) >= 11 is 0. The third kappa shape index (κ3) is 4.44. The molecule has 1 amide bonds. The minimum absolute atomic E-state index is 0.0466. The first-order valence-electron chi connectivity index (χ1n) is 9.38. The lowest BCUT2D eigenvalue weighted by molar-refractivity contribution is 0.102. The lowest BCUT2D eigenvalue weighted by atomic mass is 10.1. The van der Waals surface area contributed by atoms with Gasteiger partial charge >= 0.3 is 0 Å². The highest BCUT2D eigenvalue weighted by Crippen LogP contribution is 2.28. The Morgan fingerprint density at radius 2 is 1.67 bits per heavy atom. The van der Waals surface area contributed by atoms with Crippen LogP contribution in [0.25, 0.3) is 0 Å². The van der Waals surface area contributed by atoms with E-state index in [0.29, 0.717) is 19.2 Å². The number of carbonyl (C=O) groups is 1. The first-order chi connectivity index (χ1) is 14.3. The second-order valence-electron chi connectivity index (χ2n) is 6.86. The Morgan fingerprint density at radius 1 is 1.00 bits per heavy atom. The van der Waals surface area contributed by atoms with Gasteiger partial charge in [-0.2, -0.15) is 4.31 Å². The van der Waals surface area contributed by atoms with Crippen molar-refractivity contribution in [3.63, 3.8) is 0 Å². The van der Waals surface area contributed by atoms with Crippen molar-refractivity contribution in [2.75, 3.05) is 25.5 Å². The molecule has 0 bridgehead atoms. The smallest absolute Gasteiger partial charge is 0.259 e. The van der Waals surface area contributed by atoms with Gasteiger partial charge in [0.25, 0.3) is 5.91 Å². The predicted molar refractivity (Wildman–Crippen MR) is 104 cm³/mol. The van der Waals surface area contributed by atoms with Crippen LogP contribution >= 0.6 is 0 Å². The molecule has 1 aliphatic heterocycles. The van der Waals surface area contributed by atoms with Gasteiger partial charge in [-0.05, 0) is 43.2 Å². The van der Waals surface area contributed by atoms with Gasteiger partial charge < -0.3 is 10.1 Å². The number of nitrogens with one attached hydrogen (secondary N) is 1. The van der Waals surface area contributed by atoms with Gasteiger partial charge in [-0.15, -0.1) is 0 Å². The molecule has 1 fully saturated rings. The van der Waals surface area contributed by atoms with Gasteiger partial charge in [-0.25, -0.2) is 21.6 Å². The van der Waals surface area contributed by atoms with E-state index >= 15 is 0 Å². The van der Waals surface area contributed by atoms with E-state index in [4.69, 9.17) is 4.74 Å². The van der Waals surface area contributed by atoms with Crippen molar-refractivity contribution in [2.24, 2.45) is 0 Å². The fourth-order valence-electron chi connectivity index (χ4n) is 3.27. The number of benzene rings is 2. The Hall–Kier alpha value is -2.59. The molecule has 3 rings (SSSR count). The molecule has 1 heterocycles. The van der Waals surface area contributed by atoms with Crippen LogP contribution in [0.1, 0.15) is 36.0 Å². The third-order valence-electron chi connectivity index (χ3n) is 4.90. The average molecular weight is 442 g/mol. The number of anilines is 1. The highest BCUT2D eigenvalue weighted by Gasteiger charge is 2.27. The minimum Gasteiger partial charge on any atom is -0.496 e. The summed E-state index contributed by atoms with van der Waals surface area (Å²) in [4.78, 5) is 12.6. The van der Waals surface area contributed by atoms with Gasteiger partial charge in [0.05, 0.1) is 23.3 Å². The number of sulfonamides is 1. The van der Waals surface area contributed by atoms with Gasteiger partial charge in [0, 0.05) is 13.1 Å². The molecule has 0 aliphatic carbocycles. The summed E-state index contributed by atoms with van der Waals surface area (Å²) in [6.07, 6.45) is 3.39. The zero-order valence-corrected chi connectivity index (χ0v) is 17.1. The molecular formula is C20H21F3N2O4S. The Bertz CT molecular complexity index is 1050. The first-order valence-corrected chi connectivity index (χ1v) is 10.8. The fraction of sp³-hybridized carbons (Fsp3) is 0.350. The lowest BCUT2D eigenvalue weighted by Crippen LogP contribution is -2.32. The van der Waals surface area contributed by atoms with Crippen LogP contribution in [-0.2, 0) is 10.0 Å². The quantitative estimate of drug-likeness (QED) is 0.712. The van der Waals surface area contributed by atoms with Crippen molar-refractivity contribution < 1.29 is 31.1 Å². The summed E-state index contributed by atoms with van der Waals surface area (Å²) in [6.45, 7) is 0.770. The molecule has 10 heteroatoms. The van der Waals surface area contributed by atoms with Crippen LogP contribution in [0.4, 0.5) is 18.9 Å². The van der Waals surface area contributed by atoms with Crippen molar-refractivity contribution in [3.8, 4) is 5.75 Å². The third-order valence-corrected chi connectivity index (χ3v) is 6.80. The maximum absolute atomic E-state index is 13.9. The molecular weight excluding hydrogens is 421 g/mol. The SMILES string of the molecule is COc1ccc(S(=O)(=O)N2CCCCCC2)cc1C(=O)Nc1ccc(F)c(F)c1F. The second-order valence-corrected chi connectivity index (χ2v) is 8.80. The summed E-state index contributed by atoms with van der Waals surface area (Å²) in [5.74, 6) is -5.56. The normalized spacial score (nSPS) is 15.5. The molecule has 1 N–H and O–H groups in total. The summed E-state index contributed by atoms with van der Waals surface area (Å²) in [7, 11) is -2.56. The molecule has 0 spiro atoms. The molecule has 0 unspecified atom stereocenters. The summed E-state index contributed by atoms with van der Waals surface area (Å²) in [6, 6.07) is 5.32. The van der Waals surface area contributed by atoms with Crippen molar-refractivity contribution in [2.45, 2.75) is 30.6 Å². The number of hydrogen-bond donors (Lipinski definition) is 1. The molecule has 1 saturated heterocycles. The molecule has 162 valence electrons. The van der Waals surface area contributed by atoms with Crippen molar-refractivity contribution in [1.29, 1.82) is 0 Å². The van der Waals surface area contributed by atoms with Crippen molar-refractivity contribution >= 4 is 21.6 Å². The highest BCUT2D eigenvalue weighted by atomic mass is 32.2. The molecule has 6 nitrogen and oxygen atoms in total. The number of hydrogen-bond acceptors (Lipinski definition) is 4. The van der Waals surface area contributed by atoms with E-state index in [1.807, 2.05) is 0 Å². The van der Waals surface area contributed by atoms with Gasteiger partial charge in [0.1, 0.15) is 5.75 Å². The zero-order chi connectivity index (χ0) is 21.9. The predicted octanol–water partition coefficient (Wildman–Crippen LogP) is 3.93. The molecule has 2 aromatic rings. The van der Waals surface area contributed by atoms with E-state index in [1.54, 1.807) is 0 Å². The zero-order valence-electron chi connectivity index (χ0n) is 16.3. The number of carbonyl (C=O) groups excluding carboxylic acids is 1. The topological polar surface area (TPSA) is 75.7 Å². The number of halogens is 3. The van der Waals surface area contributed by atoms with Crippen molar-refractivity contribution in [3.05, 3.63) is 53.3 Å². The van der Waals surface area contributed by atoms with E-state index in [9.17, 15) is 26.4 Å². The Labute approximate surface area is 172 Å². The molecule has 30 heavy (non-hydrogen) atoms. The fourth-order valence-corrected chi connectivity index (χ4v) is 4.81. The second kappa shape index (κ2) is 9.05. The van der Waals surface area contributed by atoms with E-state index in [1.165, 1.54) is 23.5 Å². The Kier molecular flexibility index (Phi) is 6.67. The van der Waals surface area contributed by atoms with Gasteiger partial charge in [-0.1, -0.05) is 12.8 Å². The van der Waals surface area contributed by atoms with Crippen LogP contribution in [0.3, 0.4) is 0 Å². The van der Waals surface area contributed by atoms with Gasteiger partial charge in [0.2, 0.25) is 10.0 Å². The van der Waals surface area contributed by atoms with E-state index in [-0.39, 0.29) is 16.2 Å². The standard InChI is InChI=1S/C20H21F3N2O4S/c1-29-17-9-6-13(30(27,28)25-10-4-2-3-5-11-25)12-14(17)20(26)24-16-8-7-15(21)18(22)19(16)23/h6-9,12H,2-5,10-11H2,1H3,(H,24,26). The molecule has 0 atom stereocenters. The van der Waals surface area contributed by atoms with Crippen molar-refractivity contribution in [1.82, 2.24) is 4.31 Å². The Morgan fingerprint density at radius 3 is 2.30 bits per heavy atom. The van der Waals surface area contributed by atoms with Gasteiger partial charge in [-0.3, -0.25) is 4.79 Å². The summed E-state index contributed by atoms with van der Waals surface area (Å²) < 4.78 is 73.0. The molecule has 2 aromatic carbocycles. The maximum atomic E-state index is 13.9. The van der Waals surface area contributed by atoms with E-state index in [2.05, 4.69) is 5.32 Å². The minimum atomic E-state index is -3.85. The molecule has 0 radical (unpaired) electrons. The summed E-state index contributed by atoms with van der Waals surface area (Å²) in [5, 5.41) is 2.13. The van der Waals surface area contributed by atoms with Crippen LogP contribution in [0.2, 0.25) is 0 Å². The Balaban J connectivity index is 1.94. The summed E-state index contributed by atoms with van der Waals surface area (Å²) in [5.41, 5.74) is -0.765. The number of amides is 1. The van der Waals surface area contributed by atoms with Crippen LogP contribution < -0.4 is 10.1 Å². The average Bonchev–Trinajstić information content (AvgIpc) is 3.03. The molecule has 1 aliphatic rings. The highest BCUT2D eigenvalue weighted by molar-refractivity contribution is 7.89. The number of nitrogens with zero attached hydrogens (tertiary/aromatic N) is 1. The molecule has 0 aromatic heterocycles. The monoisotopic (exact) mass is 442 g/mol. The lowest BCUT2D eigenvalue weighted by Gasteiger charge is -2.20. The van der Waals surface area contributed by atoms with Crippen LogP contribution in [0, 0.1) is 17.5 Å². The number of methoxy groups -OCH3 is 1. The van der Waals surface area contributed by atoms with Crippen LogP contribution in [0.15, 0.2) is 35.2 Å². The van der Waals surface area contributed by atoms with Crippen LogP contribution in [-0.4, -0.2) is 38.8 Å². The van der Waals surface area contributed by atoms with E-state index < -0.39 is 39.1 Å². The number of ether oxygens (including phenoxy) is 1. The maximum Gasteiger partial charge on any atom is 0.259 e. The molecule has 0 saturated carbocycles. The largest absolute Gasteiger partial charge is 0.496 e. The van der Waals surface area contributed by atoms with Crippen LogP contribution in [0.5, 0.6) is 5.75 Å². The first kappa shape index (κ1) is 22.1. The van der Waals surface area contributed by atoms with E-state index in [0.717, 1.165) is 37.8 Å². The van der Waals surface area contributed by atoms with Gasteiger partial charge in [0.15, 0.2) is 17.5 Å². The number of rotatable bonds is 5.